The molecule has 0 fully saturated rings. The molecule has 0 spiro atoms. The monoisotopic (exact) mass is 389 g/mol. The highest BCUT2D eigenvalue weighted by molar-refractivity contribution is 5.70. The highest BCUT2D eigenvalue weighted by Crippen LogP contribution is 2.23. The lowest BCUT2D eigenvalue weighted by atomic mass is 9.88. The number of carboxylic acid groups (broad SMARTS) is 2. The van der Waals surface area contributed by atoms with Crippen LogP contribution in [0.4, 0.5) is 0 Å². The summed E-state index contributed by atoms with van der Waals surface area (Å²) >= 11 is 0. The number of hydrogen-bond acceptors (Lipinski definition) is 8. The van der Waals surface area contributed by atoms with Gasteiger partial charge < -0.3 is 29.6 Å². The summed E-state index contributed by atoms with van der Waals surface area (Å²) in [5.74, 6) is -3.10. The Bertz CT molecular complexity index is 443. The number of aliphatic hydroxyl groups is 1. The molecule has 0 aromatic carbocycles. The van der Waals surface area contributed by atoms with Crippen LogP contribution in [0.15, 0.2) is 0 Å². The maximum atomic E-state index is 11.7. The smallest absolute Gasteiger partial charge is 0.305 e. The first-order valence-corrected chi connectivity index (χ1v) is 9.08. The molecule has 0 aliphatic rings. The fourth-order valence-corrected chi connectivity index (χ4v) is 2.14. The lowest BCUT2D eigenvalue weighted by Crippen LogP contribution is -2.37. The van der Waals surface area contributed by atoms with Gasteiger partial charge in [-0.1, -0.05) is 6.92 Å². The van der Waals surface area contributed by atoms with Crippen LogP contribution < -0.4 is 5.11 Å². The number of carboxylic acids is 2. The number of carbonyl (C=O) groups is 4. The van der Waals surface area contributed by atoms with Gasteiger partial charge in [-0.15, -0.1) is 0 Å². The topological polar surface area (TPSA) is 150 Å². The van der Waals surface area contributed by atoms with Gasteiger partial charge in [0.2, 0.25) is 0 Å². The standard InChI is InChI=1S/C18H30O9/c1-2-18(11-19,12-26-16(24)9-5-3-7-14(20)21)13-27-17(25)10-6-4-8-15(22)23/h19H,2-13H2,1H3,(H,20,21)(H,22,23)/p-1. The first-order valence-electron chi connectivity index (χ1n) is 9.08. The second-order valence-electron chi connectivity index (χ2n) is 6.51. The summed E-state index contributed by atoms with van der Waals surface area (Å²) in [6.45, 7) is 1.19. The van der Waals surface area contributed by atoms with Crippen molar-refractivity contribution in [2.24, 2.45) is 5.41 Å². The summed E-state index contributed by atoms with van der Waals surface area (Å²) in [6, 6.07) is 0. The molecule has 0 radical (unpaired) electrons. The zero-order valence-electron chi connectivity index (χ0n) is 15.7. The van der Waals surface area contributed by atoms with Crippen molar-refractivity contribution >= 4 is 23.9 Å². The molecule has 0 rings (SSSR count). The molecule has 0 aromatic rings. The summed E-state index contributed by atoms with van der Waals surface area (Å²) in [5, 5.41) is 28.5. The number of aliphatic hydroxyl groups excluding tert-OH is 1. The molecular weight excluding hydrogens is 360 g/mol. The molecule has 0 heterocycles. The zero-order chi connectivity index (χ0) is 20.7. The highest BCUT2D eigenvalue weighted by atomic mass is 16.5. The minimum absolute atomic E-state index is 0.0122. The summed E-state index contributed by atoms with van der Waals surface area (Å²) < 4.78 is 10.3. The molecule has 156 valence electrons. The van der Waals surface area contributed by atoms with Gasteiger partial charge in [0, 0.05) is 25.2 Å². The molecule has 27 heavy (non-hydrogen) atoms. The van der Waals surface area contributed by atoms with E-state index < -0.39 is 29.3 Å². The van der Waals surface area contributed by atoms with Crippen molar-refractivity contribution in [2.45, 2.75) is 64.7 Å². The van der Waals surface area contributed by atoms with Crippen molar-refractivity contribution < 1.29 is 44.0 Å². The number of ether oxygens (including phenoxy) is 2. The van der Waals surface area contributed by atoms with E-state index in [9.17, 15) is 29.4 Å². The maximum absolute atomic E-state index is 11.7. The van der Waals surface area contributed by atoms with Gasteiger partial charge in [0.05, 0.1) is 12.0 Å². The fourth-order valence-electron chi connectivity index (χ4n) is 2.14. The summed E-state index contributed by atoms with van der Waals surface area (Å²) in [7, 11) is 0. The van der Waals surface area contributed by atoms with Crippen molar-refractivity contribution in [3.63, 3.8) is 0 Å². The molecule has 1 unspecified atom stereocenters. The second kappa shape index (κ2) is 14.0. The number of esters is 2. The molecule has 0 amide bonds. The Balaban J connectivity index is 4.22. The van der Waals surface area contributed by atoms with E-state index >= 15 is 0 Å². The van der Waals surface area contributed by atoms with E-state index in [0.29, 0.717) is 32.1 Å². The van der Waals surface area contributed by atoms with E-state index in [2.05, 4.69) is 0 Å². The summed E-state index contributed by atoms with van der Waals surface area (Å²) in [4.78, 5) is 44.1. The minimum atomic E-state index is -1.17. The van der Waals surface area contributed by atoms with E-state index in [1.54, 1.807) is 6.92 Å². The molecule has 0 aromatic heterocycles. The van der Waals surface area contributed by atoms with Gasteiger partial charge in [-0.3, -0.25) is 14.4 Å². The molecule has 0 saturated carbocycles. The van der Waals surface area contributed by atoms with Crippen LogP contribution in [0.2, 0.25) is 0 Å². The Morgan fingerprint density at radius 1 is 0.852 bits per heavy atom. The van der Waals surface area contributed by atoms with Crippen LogP contribution in [-0.2, 0) is 28.7 Å². The van der Waals surface area contributed by atoms with Crippen LogP contribution in [0.25, 0.3) is 0 Å². The summed E-state index contributed by atoms with van der Waals surface area (Å²) in [6.07, 6.45) is 1.86. The zero-order valence-corrected chi connectivity index (χ0v) is 15.7. The number of carbonyl (C=O) groups excluding carboxylic acids is 3. The van der Waals surface area contributed by atoms with Crippen molar-refractivity contribution in [1.29, 1.82) is 0 Å². The molecular formula is C18H29O9-. The highest BCUT2D eigenvalue weighted by Gasteiger charge is 2.31. The maximum Gasteiger partial charge on any atom is 0.305 e. The lowest BCUT2D eigenvalue weighted by Gasteiger charge is -2.29. The minimum Gasteiger partial charge on any atom is -0.550 e. The molecule has 9 heteroatoms. The van der Waals surface area contributed by atoms with E-state index in [1.165, 1.54) is 0 Å². The molecule has 2 N–H and O–H groups in total. The van der Waals surface area contributed by atoms with Crippen LogP contribution in [0, 0.1) is 5.41 Å². The van der Waals surface area contributed by atoms with Crippen molar-refractivity contribution in [3.8, 4) is 0 Å². The molecule has 0 aliphatic heterocycles. The van der Waals surface area contributed by atoms with Crippen LogP contribution in [0.1, 0.15) is 64.7 Å². The van der Waals surface area contributed by atoms with Gasteiger partial charge in [0.1, 0.15) is 13.2 Å². The molecule has 1 atom stereocenters. The van der Waals surface area contributed by atoms with Crippen LogP contribution in [0.3, 0.4) is 0 Å². The summed E-state index contributed by atoms with van der Waals surface area (Å²) in [5.41, 5.74) is -0.905. The lowest BCUT2D eigenvalue weighted by molar-refractivity contribution is -0.305. The SMILES string of the molecule is CCC(CO)(COC(=O)CCCCC(=O)[O-])COC(=O)CCCCC(=O)O. The fraction of sp³-hybridized carbons (Fsp3) is 0.778. The molecule has 0 bridgehead atoms. The number of hydrogen-bond donors (Lipinski definition) is 2. The molecule has 0 saturated heterocycles. The van der Waals surface area contributed by atoms with Gasteiger partial charge in [0.25, 0.3) is 0 Å². The Morgan fingerprint density at radius 2 is 1.30 bits per heavy atom. The van der Waals surface area contributed by atoms with E-state index in [1.807, 2.05) is 0 Å². The number of aliphatic carboxylic acids is 2. The van der Waals surface area contributed by atoms with Crippen LogP contribution >= 0.6 is 0 Å². The third kappa shape index (κ3) is 12.8. The average molecular weight is 389 g/mol. The van der Waals surface area contributed by atoms with E-state index in [0.717, 1.165) is 0 Å². The van der Waals surface area contributed by atoms with Crippen molar-refractivity contribution in [1.82, 2.24) is 0 Å². The average Bonchev–Trinajstić information content (AvgIpc) is 2.63. The number of rotatable bonds is 16. The van der Waals surface area contributed by atoms with Gasteiger partial charge in [0.15, 0.2) is 0 Å². The van der Waals surface area contributed by atoms with Gasteiger partial charge >= 0.3 is 17.9 Å². The Labute approximate surface area is 158 Å². The largest absolute Gasteiger partial charge is 0.550 e. The van der Waals surface area contributed by atoms with E-state index in [-0.39, 0.29) is 45.5 Å². The van der Waals surface area contributed by atoms with Crippen LogP contribution in [0.5, 0.6) is 0 Å². The van der Waals surface area contributed by atoms with Crippen molar-refractivity contribution in [2.75, 3.05) is 19.8 Å². The van der Waals surface area contributed by atoms with Crippen LogP contribution in [-0.4, -0.2) is 53.9 Å². The third-order valence-electron chi connectivity index (χ3n) is 4.20. The Morgan fingerprint density at radius 3 is 1.67 bits per heavy atom. The van der Waals surface area contributed by atoms with E-state index in [4.69, 9.17) is 14.6 Å². The quantitative estimate of drug-likeness (QED) is 0.283. The van der Waals surface area contributed by atoms with Gasteiger partial charge in [-0.05, 0) is 38.5 Å². The third-order valence-corrected chi connectivity index (χ3v) is 4.20. The normalized spacial score (nSPS) is 12.8. The van der Waals surface area contributed by atoms with Gasteiger partial charge in [-0.25, -0.2) is 0 Å². The van der Waals surface area contributed by atoms with Gasteiger partial charge in [-0.2, -0.15) is 0 Å². The second-order valence-corrected chi connectivity index (χ2v) is 6.51. The Kier molecular flexibility index (Phi) is 12.8. The molecule has 0 aliphatic carbocycles. The predicted octanol–water partition coefficient (Wildman–Crippen LogP) is 0.417. The predicted molar refractivity (Wildman–Crippen MR) is 91.3 cm³/mol. The number of unbranched alkanes of at least 4 members (excludes halogenated alkanes) is 2. The molecule has 9 nitrogen and oxygen atoms in total. The first-order chi connectivity index (χ1) is 12.7. The Hall–Kier alpha value is -2.16. The van der Waals surface area contributed by atoms with Crippen molar-refractivity contribution in [3.05, 3.63) is 0 Å². The first kappa shape index (κ1) is 24.8.